The topological polar surface area (TPSA) is 44.8 Å². The third kappa shape index (κ3) is 3.21. The fourth-order valence-corrected chi connectivity index (χ4v) is 4.17. The normalized spacial score (nSPS) is 34.5. The Bertz CT molecular complexity index is 756. The van der Waals surface area contributed by atoms with Gasteiger partial charge in [-0.3, -0.25) is 9.80 Å². The van der Waals surface area contributed by atoms with Crippen LogP contribution in [-0.2, 0) is 4.74 Å². The van der Waals surface area contributed by atoms with Crippen molar-refractivity contribution in [1.29, 1.82) is 0 Å². The molecule has 0 radical (unpaired) electrons. The molecular weight excluding hydrogens is 340 g/mol. The van der Waals surface area contributed by atoms with Gasteiger partial charge in [0.05, 0.1) is 5.66 Å². The van der Waals surface area contributed by atoms with E-state index in [0.717, 1.165) is 25.1 Å². The molecule has 138 valence electrons. The summed E-state index contributed by atoms with van der Waals surface area (Å²) in [5.41, 5.74) is 0.397. The summed E-state index contributed by atoms with van der Waals surface area (Å²) in [7, 11) is 0. The lowest BCUT2D eigenvalue weighted by molar-refractivity contribution is -0.0327. The predicted octanol–water partition coefficient (Wildman–Crippen LogP) is 2.79. The van der Waals surface area contributed by atoms with Crippen molar-refractivity contribution in [3.8, 4) is 11.8 Å². The molecule has 0 aliphatic carbocycles. The van der Waals surface area contributed by atoms with Crippen LogP contribution in [0.25, 0.3) is 0 Å². The first-order valence-electron chi connectivity index (χ1n) is 8.86. The first-order chi connectivity index (χ1) is 12.4. The summed E-state index contributed by atoms with van der Waals surface area (Å²) in [4.78, 5) is 16.6. The number of rotatable bonds is 1. The second kappa shape index (κ2) is 6.44. The lowest BCUT2D eigenvalue weighted by Crippen LogP contribution is -2.66. The first kappa shape index (κ1) is 17.1. The van der Waals surface area contributed by atoms with Crippen LogP contribution in [0.4, 0.5) is 13.6 Å². The molecule has 5 aliphatic rings. The number of allylic oxidation sites excluding steroid dienone is 1. The van der Waals surface area contributed by atoms with E-state index in [1.165, 1.54) is 17.7 Å². The van der Waals surface area contributed by atoms with Gasteiger partial charge in [0, 0.05) is 31.1 Å². The first-order valence-corrected chi connectivity index (χ1v) is 8.86. The highest BCUT2D eigenvalue weighted by molar-refractivity contribution is 5.78. The minimum atomic E-state index is -2.70. The number of hydrogen-bond acceptors (Lipinski definition) is 3. The van der Waals surface area contributed by atoms with Crippen molar-refractivity contribution in [1.82, 2.24) is 15.1 Å². The fraction of sp³-hybridized carbons (Fsp3) is 0.526. The molecule has 3 saturated heterocycles. The standard InChI is InChI=1S/C19H21F2N3O2/c1-19(11-13-4-8-24(19)9-5-13)22-18(25)23-7-6-16-14(12-23)10-15(26-16)2-3-17(20)21/h6-7,10,12-13,16-17H,4-5,8-9,11H2,1H3,(H,22,25)/t16?,19-/m0/s1. The average Bonchev–Trinajstić information content (AvgIpc) is 3.02. The number of nitrogens with zero attached hydrogens (tertiary/aromatic N) is 2. The van der Waals surface area contributed by atoms with Crippen LogP contribution in [0.3, 0.4) is 0 Å². The lowest BCUT2D eigenvalue weighted by Gasteiger charge is -2.53. The maximum atomic E-state index is 12.7. The van der Waals surface area contributed by atoms with E-state index in [9.17, 15) is 13.6 Å². The van der Waals surface area contributed by atoms with Crippen molar-refractivity contribution >= 4 is 6.03 Å². The number of nitrogens with one attached hydrogen (secondary N) is 1. The molecule has 5 aliphatic heterocycles. The van der Waals surface area contributed by atoms with Gasteiger partial charge in [-0.25, -0.2) is 4.79 Å². The van der Waals surface area contributed by atoms with Crippen LogP contribution in [0.15, 0.2) is 35.9 Å². The van der Waals surface area contributed by atoms with Crippen LogP contribution in [0.5, 0.6) is 0 Å². The highest BCUT2D eigenvalue weighted by Gasteiger charge is 2.44. The third-order valence-electron chi connectivity index (χ3n) is 5.50. The second-order valence-electron chi connectivity index (χ2n) is 7.33. The number of ether oxygens (including phenoxy) is 1. The summed E-state index contributed by atoms with van der Waals surface area (Å²) < 4.78 is 29.9. The fourth-order valence-electron chi connectivity index (χ4n) is 4.17. The molecule has 1 N–H and O–H groups in total. The van der Waals surface area contributed by atoms with Gasteiger partial charge in [0.2, 0.25) is 0 Å². The van der Waals surface area contributed by atoms with Crippen LogP contribution in [0.1, 0.15) is 26.2 Å². The van der Waals surface area contributed by atoms with Crippen molar-refractivity contribution in [3.05, 3.63) is 35.9 Å². The summed E-state index contributed by atoms with van der Waals surface area (Å²) >= 11 is 0. The molecule has 0 spiro atoms. The average molecular weight is 361 g/mol. The molecule has 0 aromatic heterocycles. The van der Waals surface area contributed by atoms with E-state index >= 15 is 0 Å². The summed E-state index contributed by atoms with van der Waals surface area (Å²) in [6.07, 6.45) is 6.90. The minimum Gasteiger partial charge on any atom is -0.473 e. The number of hydrogen-bond donors (Lipinski definition) is 1. The molecule has 2 atom stereocenters. The Morgan fingerprint density at radius 3 is 2.85 bits per heavy atom. The molecule has 5 nitrogen and oxygen atoms in total. The largest absolute Gasteiger partial charge is 0.473 e. The van der Waals surface area contributed by atoms with Crippen molar-refractivity contribution in [2.24, 2.45) is 5.92 Å². The van der Waals surface area contributed by atoms with E-state index in [1.54, 1.807) is 30.5 Å². The van der Waals surface area contributed by atoms with Gasteiger partial charge < -0.3 is 10.1 Å². The van der Waals surface area contributed by atoms with E-state index in [2.05, 4.69) is 23.1 Å². The summed E-state index contributed by atoms with van der Waals surface area (Å²) in [6.45, 7) is 4.11. The number of amides is 2. The van der Waals surface area contributed by atoms with Crippen LogP contribution in [0.2, 0.25) is 0 Å². The van der Waals surface area contributed by atoms with Crippen LogP contribution in [-0.4, -0.2) is 47.1 Å². The van der Waals surface area contributed by atoms with E-state index in [1.807, 2.05) is 0 Å². The highest BCUT2D eigenvalue weighted by atomic mass is 19.3. The summed E-state index contributed by atoms with van der Waals surface area (Å²) in [5.74, 6) is 4.95. The summed E-state index contributed by atoms with van der Waals surface area (Å²) in [5, 5.41) is 3.16. The molecule has 7 heteroatoms. The maximum absolute atomic E-state index is 12.7. The van der Waals surface area contributed by atoms with E-state index < -0.39 is 6.43 Å². The van der Waals surface area contributed by atoms with Crippen molar-refractivity contribution < 1.29 is 18.3 Å². The van der Waals surface area contributed by atoms with Gasteiger partial charge in [0.1, 0.15) is 6.10 Å². The van der Waals surface area contributed by atoms with Crippen molar-refractivity contribution in [3.63, 3.8) is 0 Å². The van der Waals surface area contributed by atoms with E-state index in [0.29, 0.717) is 5.92 Å². The van der Waals surface area contributed by atoms with Gasteiger partial charge in [-0.15, -0.1) is 0 Å². The zero-order valence-electron chi connectivity index (χ0n) is 14.5. The second-order valence-corrected chi connectivity index (χ2v) is 7.33. The Morgan fingerprint density at radius 2 is 2.19 bits per heavy atom. The van der Waals surface area contributed by atoms with E-state index in [4.69, 9.17) is 4.74 Å². The SMILES string of the molecule is C[C@@]1(NC(=O)N2C=CC3OC(C#CC(F)F)=CC3=C2)CC2CCN1CC2. The summed E-state index contributed by atoms with van der Waals surface area (Å²) in [6, 6.07) is -0.206. The monoisotopic (exact) mass is 361 g/mol. The van der Waals surface area contributed by atoms with E-state index in [-0.39, 0.29) is 23.6 Å². The Labute approximate surface area is 151 Å². The number of alkyl halides is 2. The van der Waals surface area contributed by atoms with Gasteiger partial charge >= 0.3 is 6.03 Å². The number of fused-ring (bicyclic) bond motifs is 4. The molecule has 2 amide bonds. The number of urea groups is 1. The van der Waals surface area contributed by atoms with Gasteiger partial charge in [-0.1, -0.05) is 0 Å². The van der Waals surface area contributed by atoms with Crippen molar-refractivity contribution in [2.45, 2.75) is 44.4 Å². The molecule has 5 heterocycles. The molecule has 0 aromatic carbocycles. The lowest BCUT2D eigenvalue weighted by atomic mass is 9.80. The van der Waals surface area contributed by atoms with Crippen LogP contribution >= 0.6 is 0 Å². The number of carbonyl (C=O) groups is 1. The smallest absolute Gasteiger partial charge is 0.326 e. The molecule has 26 heavy (non-hydrogen) atoms. The third-order valence-corrected chi connectivity index (χ3v) is 5.50. The Kier molecular flexibility index (Phi) is 4.23. The number of halogens is 2. The molecule has 5 rings (SSSR count). The van der Waals surface area contributed by atoms with Crippen LogP contribution in [0, 0.1) is 17.8 Å². The highest BCUT2D eigenvalue weighted by Crippen LogP contribution is 2.37. The minimum absolute atomic E-state index is 0.191. The molecule has 0 saturated carbocycles. The number of carbonyl (C=O) groups excluding carboxylic acids is 1. The Balaban J connectivity index is 1.45. The van der Waals surface area contributed by atoms with Gasteiger partial charge in [-0.05, 0) is 56.1 Å². The zero-order valence-corrected chi connectivity index (χ0v) is 14.5. The maximum Gasteiger partial charge on any atom is 0.326 e. The zero-order chi connectivity index (χ0) is 18.3. The van der Waals surface area contributed by atoms with Gasteiger partial charge in [0.25, 0.3) is 6.43 Å². The molecular formula is C19H21F2N3O2. The quantitative estimate of drug-likeness (QED) is 0.731. The molecule has 1 unspecified atom stereocenters. The van der Waals surface area contributed by atoms with Crippen LogP contribution < -0.4 is 5.32 Å². The molecule has 3 fully saturated rings. The Hall–Kier alpha value is -2.33. The molecule has 0 aromatic rings. The van der Waals surface area contributed by atoms with Gasteiger partial charge in [-0.2, -0.15) is 8.78 Å². The van der Waals surface area contributed by atoms with Crippen molar-refractivity contribution in [2.75, 3.05) is 13.1 Å². The Morgan fingerprint density at radius 1 is 1.42 bits per heavy atom. The number of piperidine rings is 3. The predicted molar refractivity (Wildman–Crippen MR) is 91.6 cm³/mol. The van der Waals surface area contributed by atoms with Gasteiger partial charge in [0.15, 0.2) is 5.76 Å². The molecule has 2 bridgehead atoms.